The molecule has 1 aromatic heterocycles. The van der Waals surface area contributed by atoms with Gasteiger partial charge in [0.15, 0.2) is 0 Å². The van der Waals surface area contributed by atoms with Gasteiger partial charge in [0.25, 0.3) is 5.91 Å². The van der Waals surface area contributed by atoms with Crippen molar-refractivity contribution in [2.45, 2.75) is 12.5 Å². The molecule has 7 heteroatoms. The fourth-order valence-corrected chi connectivity index (χ4v) is 3.65. The van der Waals surface area contributed by atoms with Crippen LogP contribution in [0.1, 0.15) is 16.8 Å². The highest BCUT2D eigenvalue weighted by Crippen LogP contribution is 2.26. The number of amides is 1. The van der Waals surface area contributed by atoms with Crippen LogP contribution in [0.25, 0.3) is 0 Å². The van der Waals surface area contributed by atoms with Crippen LogP contribution in [0.3, 0.4) is 0 Å². The number of nitrogens with zero attached hydrogens (tertiary/aromatic N) is 3. The number of carbonyl (C=O) groups excluding carboxylic acids is 1. The van der Waals surface area contributed by atoms with E-state index < -0.39 is 0 Å². The number of para-hydroxylation sites is 1. The summed E-state index contributed by atoms with van der Waals surface area (Å²) in [4.78, 5) is 21.1. The zero-order chi connectivity index (χ0) is 18.6. The van der Waals surface area contributed by atoms with Crippen molar-refractivity contribution >= 4 is 23.2 Å². The first kappa shape index (κ1) is 18.1. The van der Waals surface area contributed by atoms with Crippen molar-refractivity contribution in [2.24, 2.45) is 0 Å². The summed E-state index contributed by atoms with van der Waals surface area (Å²) in [5.41, 5.74) is 1.60. The summed E-state index contributed by atoms with van der Waals surface area (Å²) in [6.07, 6.45) is 2.52. The number of piperazine rings is 1. The van der Waals surface area contributed by atoms with Crippen molar-refractivity contribution in [1.82, 2.24) is 9.88 Å². The molecule has 0 saturated carbocycles. The molecule has 3 heterocycles. The number of benzene rings is 1. The van der Waals surface area contributed by atoms with Crippen molar-refractivity contribution < 1.29 is 14.3 Å². The highest BCUT2D eigenvalue weighted by molar-refractivity contribution is 6.33. The molecule has 2 fully saturated rings. The predicted octanol–water partition coefficient (Wildman–Crippen LogP) is 2.87. The van der Waals surface area contributed by atoms with E-state index >= 15 is 0 Å². The van der Waals surface area contributed by atoms with E-state index in [4.69, 9.17) is 21.1 Å². The Morgan fingerprint density at radius 3 is 2.63 bits per heavy atom. The summed E-state index contributed by atoms with van der Waals surface area (Å²) >= 11 is 6.28. The van der Waals surface area contributed by atoms with Gasteiger partial charge in [-0.3, -0.25) is 4.79 Å². The third-order valence-corrected chi connectivity index (χ3v) is 5.24. The second-order valence-corrected chi connectivity index (χ2v) is 7.13. The van der Waals surface area contributed by atoms with Gasteiger partial charge in [0.05, 0.1) is 29.5 Å². The molecule has 2 aliphatic rings. The van der Waals surface area contributed by atoms with E-state index in [2.05, 4.69) is 9.88 Å². The van der Waals surface area contributed by atoms with E-state index in [-0.39, 0.29) is 12.0 Å². The number of hydrogen-bond acceptors (Lipinski definition) is 5. The number of hydrogen-bond donors (Lipinski definition) is 0. The Kier molecular flexibility index (Phi) is 5.45. The van der Waals surface area contributed by atoms with E-state index in [9.17, 15) is 4.79 Å². The molecule has 1 amide bonds. The Labute approximate surface area is 163 Å². The molecule has 0 radical (unpaired) electrons. The number of ether oxygens (including phenoxy) is 2. The predicted molar refractivity (Wildman–Crippen MR) is 104 cm³/mol. The zero-order valence-corrected chi connectivity index (χ0v) is 15.8. The minimum atomic E-state index is -0.00272. The number of anilines is 1. The van der Waals surface area contributed by atoms with Crippen LogP contribution in [0.5, 0.6) is 5.88 Å². The largest absolute Gasteiger partial charge is 0.472 e. The van der Waals surface area contributed by atoms with Crippen LogP contribution in [0.15, 0.2) is 42.6 Å². The lowest BCUT2D eigenvalue weighted by Crippen LogP contribution is -2.48. The number of rotatable bonds is 4. The Balaban J connectivity index is 1.34. The number of aromatic nitrogens is 1. The highest BCUT2D eigenvalue weighted by Gasteiger charge is 2.24. The average Bonchev–Trinajstić information content (AvgIpc) is 3.22. The van der Waals surface area contributed by atoms with Crippen molar-refractivity contribution in [1.29, 1.82) is 0 Å². The van der Waals surface area contributed by atoms with Gasteiger partial charge in [-0.05, 0) is 18.2 Å². The smallest absolute Gasteiger partial charge is 0.255 e. The summed E-state index contributed by atoms with van der Waals surface area (Å²) in [5.74, 6) is 0.530. The highest BCUT2D eigenvalue weighted by atomic mass is 35.5. The van der Waals surface area contributed by atoms with Gasteiger partial charge < -0.3 is 19.3 Å². The van der Waals surface area contributed by atoms with Crippen LogP contribution in [-0.2, 0) is 4.74 Å². The summed E-state index contributed by atoms with van der Waals surface area (Å²) < 4.78 is 11.0. The average molecular weight is 388 g/mol. The lowest BCUT2D eigenvalue weighted by molar-refractivity contribution is 0.0746. The Bertz CT molecular complexity index is 785. The summed E-state index contributed by atoms with van der Waals surface area (Å²) in [6, 6.07) is 11.3. The maximum Gasteiger partial charge on any atom is 0.255 e. The third-order valence-electron chi connectivity index (χ3n) is 4.92. The van der Waals surface area contributed by atoms with Crippen LogP contribution >= 0.6 is 11.6 Å². The molecule has 0 N–H and O–H groups in total. The van der Waals surface area contributed by atoms with E-state index in [0.29, 0.717) is 31.1 Å². The van der Waals surface area contributed by atoms with Gasteiger partial charge in [0.2, 0.25) is 5.88 Å². The molecule has 0 bridgehead atoms. The van der Waals surface area contributed by atoms with Gasteiger partial charge in [-0.25, -0.2) is 4.98 Å². The SMILES string of the molecule is O=C(c1ccc(O[C@@H]2CCOC2)nc1)N1CCN(c2ccccc2Cl)CC1. The first-order chi connectivity index (χ1) is 13.2. The topological polar surface area (TPSA) is 54.9 Å². The third kappa shape index (κ3) is 4.17. The summed E-state index contributed by atoms with van der Waals surface area (Å²) in [7, 11) is 0. The van der Waals surface area contributed by atoms with Crippen LogP contribution in [0, 0.1) is 0 Å². The molecule has 142 valence electrons. The van der Waals surface area contributed by atoms with Gasteiger partial charge in [0, 0.05) is 44.9 Å². The second kappa shape index (κ2) is 8.15. The lowest BCUT2D eigenvalue weighted by Gasteiger charge is -2.36. The molecule has 4 rings (SSSR count). The number of pyridine rings is 1. The first-order valence-corrected chi connectivity index (χ1v) is 9.58. The van der Waals surface area contributed by atoms with E-state index in [0.717, 1.165) is 36.8 Å². The Morgan fingerprint density at radius 1 is 1.15 bits per heavy atom. The standard InChI is InChI=1S/C20H22ClN3O3/c21-17-3-1-2-4-18(17)23-8-10-24(11-9-23)20(25)15-5-6-19(22-13-15)27-16-7-12-26-14-16/h1-6,13,16H,7-12,14H2/t16-/m1/s1. The monoisotopic (exact) mass is 387 g/mol. The fourth-order valence-electron chi connectivity index (χ4n) is 3.39. The van der Waals surface area contributed by atoms with Gasteiger partial charge in [-0.15, -0.1) is 0 Å². The molecule has 1 atom stereocenters. The summed E-state index contributed by atoms with van der Waals surface area (Å²) in [6.45, 7) is 4.14. The maximum atomic E-state index is 12.7. The Morgan fingerprint density at radius 2 is 1.96 bits per heavy atom. The minimum Gasteiger partial charge on any atom is -0.472 e. The Hall–Kier alpha value is -2.31. The second-order valence-electron chi connectivity index (χ2n) is 6.72. The fraction of sp³-hybridized carbons (Fsp3) is 0.400. The molecule has 2 aliphatic heterocycles. The molecule has 2 aromatic rings. The molecule has 0 unspecified atom stereocenters. The molecule has 6 nitrogen and oxygen atoms in total. The van der Waals surface area contributed by atoms with Gasteiger partial charge in [0.1, 0.15) is 6.10 Å². The molecular weight excluding hydrogens is 366 g/mol. The van der Waals surface area contributed by atoms with E-state index in [1.165, 1.54) is 0 Å². The van der Waals surface area contributed by atoms with Crippen molar-refractivity contribution in [2.75, 3.05) is 44.3 Å². The molecule has 0 aliphatic carbocycles. The van der Waals surface area contributed by atoms with Gasteiger partial charge >= 0.3 is 0 Å². The van der Waals surface area contributed by atoms with Crippen molar-refractivity contribution in [3.05, 3.63) is 53.2 Å². The normalized spacial score (nSPS) is 20.0. The summed E-state index contributed by atoms with van der Waals surface area (Å²) in [5, 5.41) is 0.740. The van der Waals surface area contributed by atoms with Gasteiger partial charge in [-0.1, -0.05) is 23.7 Å². The van der Waals surface area contributed by atoms with E-state index in [1.807, 2.05) is 29.2 Å². The molecule has 2 saturated heterocycles. The maximum absolute atomic E-state index is 12.7. The van der Waals surface area contributed by atoms with E-state index in [1.54, 1.807) is 18.3 Å². The zero-order valence-electron chi connectivity index (χ0n) is 15.0. The lowest BCUT2D eigenvalue weighted by atomic mass is 10.2. The van der Waals surface area contributed by atoms with Crippen LogP contribution in [0.4, 0.5) is 5.69 Å². The van der Waals surface area contributed by atoms with Crippen LogP contribution in [0.2, 0.25) is 5.02 Å². The van der Waals surface area contributed by atoms with Crippen LogP contribution in [-0.4, -0.2) is 61.3 Å². The quantitative estimate of drug-likeness (QED) is 0.807. The molecular formula is C20H22ClN3O3. The van der Waals surface area contributed by atoms with Crippen molar-refractivity contribution in [3.63, 3.8) is 0 Å². The first-order valence-electron chi connectivity index (χ1n) is 9.20. The van der Waals surface area contributed by atoms with Crippen LogP contribution < -0.4 is 9.64 Å². The molecule has 0 spiro atoms. The molecule has 27 heavy (non-hydrogen) atoms. The number of halogens is 1. The number of carbonyl (C=O) groups is 1. The van der Waals surface area contributed by atoms with Crippen molar-refractivity contribution in [3.8, 4) is 5.88 Å². The molecule has 1 aromatic carbocycles. The van der Waals surface area contributed by atoms with Gasteiger partial charge in [-0.2, -0.15) is 0 Å². The minimum absolute atomic E-state index is 0.00272.